The summed E-state index contributed by atoms with van der Waals surface area (Å²) in [4.78, 5) is 0.222. The molecule has 1 heterocycles. The number of aromatic nitrogens is 2. The Morgan fingerprint density at radius 2 is 1.76 bits per heavy atom. The van der Waals surface area contributed by atoms with Crippen molar-refractivity contribution in [3.05, 3.63) is 60.5 Å². The van der Waals surface area contributed by atoms with Gasteiger partial charge in [0.2, 0.25) is 21.8 Å². The molecule has 25 heavy (non-hydrogen) atoms. The SMILES string of the molecule is COc1ccc(-c2nnc(CCNS(=O)(=O)c3ccccc3)o2)cc1. The van der Waals surface area contributed by atoms with Crippen LogP contribution in [-0.4, -0.2) is 32.3 Å². The highest BCUT2D eigenvalue weighted by molar-refractivity contribution is 7.89. The van der Waals surface area contributed by atoms with Crippen molar-refractivity contribution in [3.8, 4) is 17.2 Å². The Morgan fingerprint density at radius 1 is 1.04 bits per heavy atom. The van der Waals surface area contributed by atoms with E-state index < -0.39 is 10.0 Å². The molecule has 0 aliphatic carbocycles. The molecule has 0 saturated carbocycles. The highest BCUT2D eigenvalue weighted by Crippen LogP contribution is 2.21. The van der Waals surface area contributed by atoms with Crippen molar-refractivity contribution >= 4 is 10.0 Å². The predicted molar refractivity (Wildman–Crippen MR) is 91.6 cm³/mol. The Hall–Kier alpha value is -2.71. The number of nitrogens with one attached hydrogen (secondary N) is 1. The largest absolute Gasteiger partial charge is 0.497 e. The van der Waals surface area contributed by atoms with Gasteiger partial charge in [-0.3, -0.25) is 0 Å². The average Bonchev–Trinajstić information content (AvgIpc) is 3.11. The first-order valence-electron chi connectivity index (χ1n) is 7.60. The third-order valence-electron chi connectivity index (χ3n) is 3.49. The summed E-state index contributed by atoms with van der Waals surface area (Å²) in [5.41, 5.74) is 0.768. The fourth-order valence-corrected chi connectivity index (χ4v) is 3.23. The predicted octanol–water partition coefficient (Wildman–Crippen LogP) is 2.27. The standard InChI is InChI=1S/C17H17N3O4S/c1-23-14-9-7-13(8-10-14)17-20-19-16(24-17)11-12-18-25(21,22)15-5-3-2-4-6-15/h2-10,18H,11-12H2,1H3. The van der Waals surface area contributed by atoms with E-state index in [0.29, 0.717) is 18.2 Å². The molecule has 1 N–H and O–H groups in total. The number of hydrogen-bond acceptors (Lipinski definition) is 6. The summed E-state index contributed by atoms with van der Waals surface area (Å²) in [5, 5.41) is 7.93. The molecule has 130 valence electrons. The lowest BCUT2D eigenvalue weighted by Crippen LogP contribution is -2.26. The number of ether oxygens (including phenoxy) is 1. The number of rotatable bonds is 7. The zero-order chi connectivity index (χ0) is 17.7. The maximum absolute atomic E-state index is 12.1. The van der Waals surface area contributed by atoms with Gasteiger partial charge in [-0.1, -0.05) is 18.2 Å². The van der Waals surface area contributed by atoms with Crippen LogP contribution in [0.15, 0.2) is 63.9 Å². The van der Waals surface area contributed by atoms with E-state index in [9.17, 15) is 8.42 Å². The highest BCUT2D eigenvalue weighted by Gasteiger charge is 2.14. The second-order valence-corrected chi connectivity index (χ2v) is 6.96. The summed E-state index contributed by atoms with van der Waals surface area (Å²) in [6, 6.07) is 15.4. The Morgan fingerprint density at radius 3 is 2.44 bits per heavy atom. The molecule has 2 aromatic carbocycles. The Kier molecular flexibility index (Phi) is 5.11. The maximum Gasteiger partial charge on any atom is 0.247 e. The van der Waals surface area contributed by atoms with Crippen LogP contribution >= 0.6 is 0 Å². The molecule has 0 saturated heterocycles. The van der Waals surface area contributed by atoms with Gasteiger partial charge in [0.05, 0.1) is 12.0 Å². The third kappa shape index (κ3) is 4.23. The maximum atomic E-state index is 12.1. The topological polar surface area (TPSA) is 94.3 Å². The zero-order valence-electron chi connectivity index (χ0n) is 13.5. The number of sulfonamides is 1. The van der Waals surface area contributed by atoms with Gasteiger partial charge in [0.1, 0.15) is 5.75 Å². The van der Waals surface area contributed by atoms with Crippen LogP contribution in [0, 0.1) is 0 Å². The smallest absolute Gasteiger partial charge is 0.247 e. The molecular weight excluding hydrogens is 342 g/mol. The molecule has 0 aliphatic heterocycles. The van der Waals surface area contributed by atoms with Crippen LogP contribution < -0.4 is 9.46 Å². The van der Waals surface area contributed by atoms with Gasteiger partial charge < -0.3 is 9.15 Å². The summed E-state index contributed by atoms with van der Waals surface area (Å²) < 4.78 is 37.4. The fraction of sp³-hybridized carbons (Fsp3) is 0.176. The van der Waals surface area contributed by atoms with E-state index in [4.69, 9.17) is 9.15 Å². The van der Waals surface area contributed by atoms with Crippen molar-refractivity contribution in [1.29, 1.82) is 0 Å². The van der Waals surface area contributed by atoms with Crippen LogP contribution in [0.25, 0.3) is 11.5 Å². The molecule has 0 bridgehead atoms. The second kappa shape index (κ2) is 7.45. The average molecular weight is 359 g/mol. The lowest BCUT2D eigenvalue weighted by molar-refractivity contribution is 0.415. The van der Waals surface area contributed by atoms with Crippen LogP contribution in [-0.2, 0) is 16.4 Å². The van der Waals surface area contributed by atoms with Gasteiger partial charge in [0.15, 0.2) is 0 Å². The van der Waals surface area contributed by atoms with Gasteiger partial charge >= 0.3 is 0 Å². The van der Waals surface area contributed by atoms with Crippen molar-refractivity contribution in [2.75, 3.05) is 13.7 Å². The molecule has 1 aromatic heterocycles. The Labute approximate surface area is 145 Å². The van der Waals surface area contributed by atoms with Crippen LogP contribution in [0.4, 0.5) is 0 Å². The zero-order valence-corrected chi connectivity index (χ0v) is 14.4. The lowest BCUT2D eigenvalue weighted by Gasteiger charge is -2.04. The summed E-state index contributed by atoms with van der Waals surface area (Å²) in [6.45, 7) is 0.168. The molecule has 0 aliphatic rings. The van der Waals surface area contributed by atoms with E-state index in [2.05, 4.69) is 14.9 Å². The second-order valence-electron chi connectivity index (χ2n) is 5.19. The third-order valence-corrected chi connectivity index (χ3v) is 4.97. The van der Waals surface area contributed by atoms with E-state index in [1.165, 1.54) is 12.1 Å². The lowest BCUT2D eigenvalue weighted by atomic mass is 10.2. The van der Waals surface area contributed by atoms with Crippen molar-refractivity contribution < 1.29 is 17.6 Å². The molecular formula is C17H17N3O4S. The Balaban J connectivity index is 1.60. The van der Waals surface area contributed by atoms with Gasteiger partial charge in [-0.2, -0.15) is 0 Å². The van der Waals surface area contributed by atoms with Gasteiger partial charge in [0.25, 0.3) is 0 Å². The monoisotopic (exact) mass is 359 g/mol. The first kappa shape index (κ1) is 17.1. The molecule has 3 aromatic rings. The van der Waals surface area contributed by atoms with Crippen LogP contribution in [0.1, 0.15) is 5.89 Å². The molecule has 8 heteroatoms. The van der Waals surface area contributed by atoms with Gasteiger partial charge in [-0.25, -0.2) is 13.1 Å². The first-order valence-corrected chi connectivity index (χ1v) is 9.08. The highest BCUT2D eigenvalue weighted by atomic mass is 32.2. The van der Waals surface area contributed by atoms with Crippen LogP contribution in [0.5, 0.6) is 5.75 Å². The molecule has 0 spiro atoms. The van der Waals surface area contributed by atoms with Crippen molar-refractivity contribution in [3.63, 3.8) is 0 Å². The summed E-state index contributed by atoms with van der Waals surface area (Å²) in [6.07, 6.45) is 0.301. The number of benzene rings is 2. The Bertz CT molecular complexity index is 922. The van der Waals surface area contributed by atoms with E-state index in [0.717, 1.165) is 11.3 Å². The van der Waals surface area contributed by atoms with Crippen LogP contribution in [0.3, 0.4) is 0 Å². The van der Waals surface area contributed by atoms with Crippen molar-refractivity contribution in [2.45, 2.75) is 11.3 Å². The molecule has 0 unspecified atom stereocenters. The molecule has 0 atom stereocenters. The van der Waals surface area contributed by atoms with Crippen molar-refractivity contribution in [2.24, 2.45) is 0 Å². The van der Waals surface area contributed by atoms with Gasteiger partial charge in [0, 0.05) is 18.5 Å². The molecule has 7 nitrogen and oxygen atoms in total. The van der Waals surface area contributed by atoms with E-state index in [1.54, 1.807) is 37.4 Å². The van der Waals surface area contributed by atoms with E-state index >= 15 is 0 Å². The van der Waals surface area contributed by atoms with E-state index in [1.807, 2.05) is 12.1 Å². The molecule has 0 radical (unpaired) electrons. The quantitative estimate of drug-likeness (QED) is 0.695. The number of nitrogens with zero attached hydrogens (tertiary/aromatic N) is 2. The van der Waals surface area contributed by atoms with Gasteiger partial charge in [-0.15, -0.1) is 10.2 Å². The normalized spacial score (nSPS) is 11.4. The summed E-state index contributed by atoms with van der Waals surface area (Å²) in [5.74, 6) is 1.48. The van der Waals surface area contributed by atoms with E-state index in [-0.39, 0.29) is 11.4 Å². The minimum absolute atomic E-state index is 0.168. The summed E-state index contributed by atoms with van der Waals surface area (Å²) >= 11 is 0. The summed E-state index contributed by atoms with van der Waals surface area (Å²) in [7, 11) is -1.94. The van der Waals surface area contributed by atoms with Crippen molar-refractivity contribution in [1.82, 2.24) is 14.9 Å². The minimum Gasteiger partial charge on any atom is -0.497 e. The fourth-order valence-electron chi connectivity index (χ4n) is 2.18. The van der Waals surface area contributed by atoms with Gasteiger partial charge in [-0.05, 0) is 36.4 Å². The first-order chi connectivity index (χ1) is 12.1. The number of hydrogen-bond donors (Lipinski definition) is 1. The molecule has 3 rings (SSSR count). The van der Waals surface area contributed by atoms with Crippen LogP contribution in [0.2, 0.25) is 0 Å². The minimum atomic E-state index is -3.54. The molecule has 0 fully saturated rings. The number of methoxy groups -OCH3 is 1. The molecule has 0 amide bonds.